The standard InChI is InChI=1S/C42H74NO10P/c1-3-5-7-9-11-13-15-17-19-21-23-25-27-29-31-33-40(44)50-35-38(36-51-54(48,49)52-37-39(43)42(46)47)53-41(45)34-32-30-28-26-24-22-20-18-16-14-12-10-8-6-4-2/h6,8,12,14,17-20,38-39H,3-5,7,9-11,13,15-16,21-37,43H2,1-2H3,(H,46,47)(H,48,49)/b8-6-,14-12-,19-17-,20-18-/t38-,39+/m1/s1. The van der Waals surface area contributed by atoms with Crippen LogP contribution in [0.5, 0.6) is 0 Å². The summed E-state index contributed by atoms with van der Waals surface area (Å²) in [5.41, 5.74) is 5.32. The highest BCUT2D eigenvalue weighted by atomic mass is 31.2. The van der Waals surface area contributed by atoms with Gasteiger partial charge in [-0.25, -0.2) is 4.57 Å². The Morgan fingerprint density at radius 3 is 1.57 bits per heavy atom. The zero-order valence-electron chi connectivity index (χ0n) is 33.6. The molecule has 0 rings (SSSR count). The van der Waals surface area contributed by atoms with Gasteiger partial charge in [-0.05, 0) is 70.6 Å². The van der Waals surface area contributed by atoms with E-state index in [1.165, 1.54) is 38.5 Å². The fourth-order valence-corrected chi connectivity index (χ4v) is 6.09. The topological polar surface area (TPSA) is 172 Å². The van der Waals surface area contributed by atoms with Crippen LogP contribution in [0.25, 0.3) is 0 Å². The molecule has 54 heavy (non-hydrogen) atoms. The summed E-state index contributed by atoms with van der Waals surface area (Å²) in [5, 5.41) is 8.87. The Bertz CT molecular complexity index is 1110. The summed E-state index contributed by atoms with van der Waals surface area (Å²) in [5.74, 6) is -2.41. The van der Waals surface area contributed by atoms with Gasteiger partial charge in [0, 0.05) is 12.8 Å². The highest BCUT2D eigenvalue weighted by Gasteiger charge is 2.28. The molecule has 0 aliphatic rings. The first kappa shape index (κ1) is 51.4. The molecule has 4 N–H and O–H groups in total. The molecule has 3 atom stereocenters. The van der Waals surface area contributed by atoms with E-state index in [1.807, 2.05) is 0 Å². The molecule has 0 heterocycles. The molecule has 0 aromatic heterocycles. The molecule has 12 heteroatoms. The second kappa shape index (κ2) is 37.4. The van der Waals surface area contributed by atoms with E-state index in [0.717, 1.165) is 89.9 Å². The summed E-state index contributed by atoms with van der Waals surface area (Å²) in [7, 11) is -4.72. The van der Waals surface area contributed by atoms with Crippen molar-refractivity contribution in [3.05, 3.63) is 48.6 Å². The molecule has 0 radical (unpaired) electrons. The van der Waals surface area contributed by atoms with Gasteiger partial charge in [-0.1, -0.05) is 133 Å². The number of esters is 2. The molecule has 1 unspecified atom stereocenters. The van der Waals surface area contributed by atoms with Crippen molar-refractivity contribution < 1.29 is 47.5 Å². The van der Waals surface area contributed by atoms with Crippen molar-refractivity contribution in [2.45, 2.75) is 180 Å². The summed E-state index contributed by atoms with van der Waals surface area (Å²) >= 11 is 0. The molecule has 0 aromatic rings. The number of phosphoric acid groups is 1. The average molecular weight is 784 g/mol. The molecule has 312 valence electrons. The number of carbonyl (C=O) groups excluding carboxylic acids is 2. The third-order valence-electron chi connectivity index (χ3n) is 8.56. The number of ether oxygens (including phenoxy) is 2. The van der Waals surface area contributed by atoms with Gasteiger partial charge in [0.1, 0.15) is 12.6 Å². The summed E-state index contributed by atoms with van der Waals surface area (Å²) < 4.78 is 32.6. The van der Waals surface area contributed by atoms with Crippen LogP contribution < -0.4 is 5.73 Å². The lowest BCUT2D eigenvalue weighted by Crippen LogP contribution is -2.34. The van der Waals surface area contributed by atoms with Crippen LogP contribution in [0.2, 0.25) is 0 Å². The molecule has 0 fully saturated rings. The highest BCUT2D eigenvalue weighted by Crippen LogP contribution is 2.43. The van der Waals surface area contributed by atoms with E-state index >= 15 is 0 Å². The quantitative estimate of drug-likeness (QED) is 0.0235. The maximum absolute atomic E-state index is 12.6. The molecular weight excluding hydrogens is 709 g/mol. The van der Waals surface area contributed by atoms with Gasteiger partial charge in [-0.3, -0.25) is 23.4 Å². The van der Waals surface area contributed by atoms with Crippen molar-refractivity contribution in [2.75, 3.05) is 19.8 Å². The number of hydrogen-bond acceptors (Lipinski definition) is 9. The van der Waals surface area contributed by atoms with E-state index in [2.05, 4.69) is 67.0 Å². The van der Waals surface area contributed by atoms with Crippen LogP contribution in [-0.2, 0) is 37.5 Å². The van der Waals surface area contributed by atoms with E-state index in [0.29, 0.717) is 12.8 Å². The number of aliphatic carboxylic acids is 1. The van der Waals surface area contributed by atoms with Crippen LogP contribution in [0.4, 0.5) is 0 Å². The van der Waals surface area contributed by atoms with Crippen LogP contribution >= 0.6 is 7.82 Å². The molecule has 0 aromatic carbocycles. The molecule has 0 saturated carbocycles. The zero-order valence-corrected chi connectivity index (χ0v) is 34.4. The monoisotopic (exact) mass is 784 g/mol. The van der Waals surface area contributed by atoms with E-state index in [-0.39, 0.29) is 19.4 Å². The number of carboxylic acid groups (broad SMARTS) is 1. The van der Waals surface area contributed by atoms with Crippen LogP contribution in [-0.4, -0.2) is 59.9 Å². The van der Waals surface area contributed by atoms with Crippen molar-refractivity contribution in [3.8, 4) is 0 Å². The molecule has 0 spiro atoms. The first-order valence-electron chi connectivity index (χ1n) is 20.7. The number of allylic oxidation sites excluding steroid dienone is 8. The first-order valence-corrected chi connectivity index (χ1v) is 22.2. The number of hydrogen-bond donors (Lipinski definition) is 3. The van der Waals surface area contributed by atoms with E-state index in [1.54, 1.807) is 0 Å². The second-order valence-electron chi connectivity index (χ2n) is 13.7. The summed E-state index contributed by atoms with van der Waals surface area (Å²) in [6.45, 7) is 2.65. The Hall–Kier alpha value is -2.56. The van der Waals surface area contributed by atoms with Crippen molar-refractivity contribution in [3.63, 3.8) is 0 Å². The van der Waals surface area contributed by atoms with Gasteiger partial charge in [-0.15, -0.1) is 0 Å². The Balaban J connectivity index is 4.44. The molecular formula is C42H74NO10P. The van der Waals surface area contributed by atoms with Gasteiger partial charge in [-0.2, -0.15) is 0 Å². The van der Waals surface area contributed by atoms with E-state index in [4.69, 9.17) is 24.8 Å². The number of phosphoric ester groups is 1. The van der Waals surface area contributed by atoms with Crippen LogP contribution in [0.15, 0.2) is 48.6 Å². The third kappa shape index (κ3) is 36.4. The highest BCUT2D eigenvalue weighted by molar-refractivity contribution is 7.47. The van der Waals surface area contributed by atoms with Gasteiger partial charge in [0.25, 0.3) is 0 Å². The van der Waals surface area contributed by atoms with Crippen LogP contribution in [0.1, 0.15) is 168 Å². The number of carbonyl (C=O) groups is 3. The number of nitrogens with two attached hydrogens (primary N) is 1. The third-order valence-corrected chi connectivity index (χ3v) is 9.51. The Morgan fingerprint density at radius 2 is 1.04 bits per heavy atom. The van der Waals surface area contributed by atoms with Gasteiger partial charge in [0.05, 0.1) is 13.2 Å². The maximum atomic E-state index is 12.6. The lowest BCUT2D eigenvalue weighted by molar-refractivity contribution is -0.161. The molecule has 0 bridgehead atoms. The van der Waals surface area contributed by atoms with Gasteiger partial charge < -0.3 is 25.2 Å². The SMILES string of the molecule is CC/C=C\C/C=C\C/C=C\CCCCCCCC(=O)O[C@H](COC(=O)CCCCCCC/C=C\CCCCCCCC)COP(=O)(O)OC[C@H](N)C(=O)O. The van der Waals surface area contributed by atoms with E-state index < -0.39 is 51.1 Å². The van der Waals surface area contributed by atoms with Crippen LogP contribution in [0, 0.1) is 0 Å². The Labute approximate surface area is 326 Å². The Kier molecular flexibility index (Phi) is 35.6. The molecule has 11 nitrogen and oxygen atoms in total. The molecule has 0 saturated heterocycles. The fraction of sp³-hybridized carbons (Fsp3) is 0.738. The number of unbranched alkanes of at least 4 members (excludes halogenated alkanes) is 16. The second-order valence-corrected chi connectivity index (χ2v) is 15.2. The predicted octanol–water partition coefficient (Wildman–Crippen LogP) is 10.6. The lowest BCUT2D eigenvalue weighted by Gasteiger charge is -2.20. The predicted molar refractivity (Wildman–Crippen MR) is 217 cm³/mol. The fourth-order valence-electron chi connectivity index (χ4n) is 5.31. The first-order chi connectivity index (χ1) is 26.1. The van der Waals surface area contributed by atoms with Gasteiger partial charge in [0.15, 0.2) is 6.10 Å². The van der Waals surface area contributed by atoms with Crippen LogP contribution in [0.3, 0.4) is 0 Å². The van der Waals surface area contributed by atoms with Gasteiger partial charge >= 0.3 is 25.7 Å². The number of carboxylic acids is 1. The number of rotatable bonds is 38. The minimum atomic E-state index is -4.72. The largest absolute Gasteiger partial charge is 0.480 e. The summed E-state index contributed by atoms with van der Waals surface area (Å²) in [4.78, 5) is 45.9. The molecule has 0 amide bonds. The summed E-state index contributed by atoms with van der Waals surface area (Å²) in [6.07, 6.45) is 40.3. The summed E-state index contributed by atoms with van der Waals surface area (Å²) in [6, 6.07) is -1.53. The zero-order chi connectivity index (χ0) is 40.0. The van der Waals surface area contributed by atoms with Gasteiger partial charge in [0.2, 0.25) is 0 Å². The normalized spacial score (nSPS) is 14.3. The van der Waals surface area contributed by atoms with Crippen molar-refractivity contribution in [2.24, 2.45) is 5.73 Å². The average Bonchev–Trinajstić information content (AvgIpc) is 3.14. The molecule has 0 aliphatic heterocycles. The maximum Gasteiger partial charge on any atom is 0.472 e. The minimum absolute atomic E-state index is 0.139. The van der Waals surface area contributed by atoms with Crippen molar-refractivity contribution in [1.29, 1.82) is 0 Å². The minimum Gasteiger partial charge on any atom is -0.480 e. The molecule has 0 aliphatic carbocycles. The van der Waals surface area contributed by atoms with E-state index in [9.17, 15) is 23.8 Å². The Morgan fingerprint density at radius 1 is 0.593 bits per heavy atom. The van der Waals surface area contributed by atoms with Crippen molar-refractivity contribution >= 4 is 25.7 Å². The van der Waals surface area contributed by atoms with Crippen molar-refractivity contribution in [1.82, 2.24) is 0 Å². The smallest absolute Gasteiger partial charge is 0.472 e. The lowest BCUT2D eigenvalue weighted by atomic mass is 10.1.